The second-order valence-electron chi connectivity index (χ2n) is 5.89. The van der Waals surface area contributed by atoms with E-state index in [1.165, 1.54) is 12.1 Å². The van der Waals surface area contributed by atoms with E-state index < -0.39 is 0 Å². The van der Waals surface area contributed by atoms with Crippen LogP contribution in [0.1, 0.15) is 17.9 Å². The van der Waals surface area contributed by atoms with Crippen molar-refractivity contribution in [1.82, 2.24) is 9.80 Å². The Kier molecular flexibility index (Phi) is 4.22. The molecule has 0 bridgehead atoms. The molecule has 1 aromatic carbocycles. The number of hydrogen-bond donors (Lipinski definition) is 1. The molecule has 2 fully saturated rings. The molecule has 1 aromatic rings. The van der Waals surface area contributed by atoms with E-state index in [1.807, 2.05) is 11.0 Å². The number of carbonyl (C=O) groups excluding carboxylic acids is 1. The first-order valence-electron chi connectivity index (χ1n) is 7.56. The van der Waals surface area contributed by atoms with Crippen LogP contribution in [0.2, 0.25) is 0 Å². The van der Waals surface area contributed by atoms with Crippen LogP contribution in [0, 0.1) is 11.7 Å². The Hall–Kier alpha value is -1.46. The average Bonchev–Trinajstić information content (AvgIpc) is 3.28. The van der Waals surface area contributed by atoms with E-state index in [0.29, 0.717) is 6.54 Å². The zero-order valence-electron chi connectivity index (χ0n) is 12.0. The lowest BCUT2D eigenvalue weighted by Gasteiger charge is -2.34. The molecule has 1 heterocycles. The molecule has 0 unspecified atom stereocenters. The predicted octanol–water partition coefficient (Wildman–Crippen LogP) is 1.07. The van der Waals surface area contributed by atoms with Gasteiger partial charge in [0.25, 0.3) is 0 Å². The average molecular weight is 292 g/mol. The lowest BCUT2D eigenvalue weighted by atomic mass is 10.1. The highest BCUT2D eigenvalue weighted by molar-refractivity contribution is 5.83. The fourth-order valence-electron chi connectivity index (χ4n) is 3.14. The molecule has 2 atom stereocenters. The number of piperazine rings is 1. The monoisotopic (exact) mass is 292 g/mol. The molecule has 21 heavy (non-hydrogen) atoms. The highest BCUT2D eigenvalue weighted by Gasteiger charge is 2.46. The number of β-amino-alcohol motifs (C(OH)–C–C–N with tert-alkyl or cyclic N) is 1. The number of benzene rings is 1. The number of amides is 1. The Labute approximate surface area is 124 Å². The minimum absolute atomic E-state index is 0.0243. The number of hydrogen-bond acceptors (Lipinski definition) is 3. The van der Waals surface area contributed by atoms with Crippen molar-refractivity contribution in [3.63, 3.8) is 0 Å². The normalized spacial score (nSPS) is 25.9. The molecule has 2 aliphatic rings. The van der Waals surface area contributed by atoms with E-state index in [4.69, 9.17) is 5.11 Å². The van der Waals surface area contributed by atoms with E-state index in [9.17, 15) is 9.18 Å². The van der Waals surface area contributed by atoms with Crippen LogP contribution in [-0.2, 0) is 4.79 Å². The van der Waals surface area contributed by atoms with Gasteiger partial charge in [0.2, 0.25) is 5.91 Å². The topological polar surface area (TPSA) is 43.8 Å². The zero-order valence-corrected chi connectivity index (χ0v) is 12.0. The number of rotatable bonds is 4. The highest BCUT2D eigenvalue weighted by Crippen LogP contribution is 2.48. The SMILES string of the molecule is O=C([C@H]1C[C@H]1c1cccc(F)c1)N1CCN(CCO)CC1. The maximum absolute atomic E-state index is 13.2. The highest BCUT2D eigenvalue weighted by atomic mass is 19.1. The molecular weight excluding hydrogens is 271 g/mol. The van der Waals surface area contributed by atoms with Crippen molar-refractivity contribution in [3.8, 4) is 0 Å². The molecule has 3 rings (SSSR count). The summed E-state index contributed by atoms with van der Waals surface area (Å²) < 4.78 is 13.2. The van der Waals surface area contributed by atoms with E-state index in [0.717, 1.165) is 38.2 Å². The lowest BCUT2D eigenvalue weighted by Crippen LogP contribution is -2.49. The zero-order chi connectivity index (χ0) is 14.8. The molecule has 1 aliphatic heterocycles. The summed E-state index contributed by atoms with van der Waals surface area (Å²) in [4.78, 5) is 16.5. The molecule has 114 valence electrons. The summed E-state index contributed by atoms with van der Waals surface area (Å²) in [6.45, 7) is 3.94. The maximum atomic E-state index is 13.2. The third kappa shape index (κ3) is 3.24. The van der Waals surface area contributed by atoms with Gasteiger partial charge in [0.15, 0.2) is 0 Å². The summed E-state index contributed by atoms with van der Waals surface area (Å²) >= 11 is 0. The van der Waals surface area contributed by atoms with Gasteiger partial charge in [0, 0.05) is 38.6 Å². The van der Waals surface area contributed by atoms with Gasteiger partial charge in [-0.25, -0.2) is 4.39 Å². The van der Waals surface area contributed by atoms with E-state index in [2.05, 4.69) is 4.90 Å². The van der Waals surface area contributed by atoms with E-state index in [-0.39, 0.29) is 30.2 Å². The second-order valence-corrected chi connectivity index (χ2v) is 5.89. The van der Waals surface area contributed by atoms with Gasteiger partial charge < -0.3 is 10.0 Å². The molecular formula is C16H21FN2O2. The van der Waals surface area contributed by atoms with Gasteiger partial charge in [-0.3, -0.25) is 9.69 Å². The quantitative estimate of drug-likeness (QED) is 0.902. The largest absolute Gasteiger partial charge is 0.395 e. The second kappa shape index (κ2) is 6.12. The fourth-order valence-corrected chi connectivity index (χ4v) is 3.14. The molecule has 0 radical (unpaired) electrons. The van der Waals surface area contributed by atoms with Crippen molar-refractivity contribution < 1.29 is 14.3 Å². The number of carbonyl (C=O) groups is 1. The Morgan fingerprint density at radius 2 is 2.05 bits per heavy atom. The van der Waals surface area contributed by atoms with Gasteiger partial charge in [-0.1, -0.05) is 12.1 Å². The van der Waals surface area contributed by atoms with Gasteiger partial charge in [-0.2, -0.15) is 0 Å². The molecule has 0 spiro atoms. The minimum Gasteiger partial charge on any atom is -0.395 e. The van der Waals surface area contributed by atoms with Gasteiger partial charge >= 0.3 is 0 Å². The first-order chi connectivity index (χ1) is 10.2. The number of aliphatic hydroxyl groups excluding tert-OH is 1. The molecule has 1 saturated heterocycles. The molecule has 0 aromatic heterocycles. The van der Waals surface area contributed by atoms with Gasteiger partial charge in [0.05, 0.1) is 6.61 Å². The standard InChI is InChI=1S/C16H21FN2O2/c17-13-3-1-2-12(10-13)14-11-15(14)16(21)19-6-4-18(5-7-19)8-9-20/h1-3,10,14-15,20H,4-9,11H2/t14-,15-/m0/s1. The molecule has 4 nitrogen and oxygen atoms in total. The summed E-state index contributed by atoms with van der Waals surface area (Å²) in [6.07, 6.45) is 0.832. The first kappa shape index (κ1) is 14.5. The molecule has 1 saturated carbocycles. The molecule has 1 amide bonds. The van der Waals surface area contributed by atoms with Crippen LogP contribution in [0.15, 0.2) is 24.3 Å². The molecule has 5 heteroatoms. The van der Waals surface area contributed by atoms with Crippen LogP contribution in [0.3, 0.4) is 0 Å². The fraction of sp³-hybridized carbons (Fsp3) is 0.562. The third-order valence-corrected chi connectivity index (χ3v) is 4.48. The third-order valence-electron chi connectivity index (χ3n) is 4.48. The number of nitrogens with zero attached hydrogens (tertiary/aromatic N) is 2. The van der Waals surface area contributed by atoms with Crippen molar-refractivity contribution in [2.75, 3.05) is 39.3 Å². The Morgan fingerprint density at radius 3 is 2.71 bits per heavy atom. The van der Waals surface area contributed by atoms with Crippen molar-refractivity contribution >= 4 is 5.91 Å². The maximum Gasteiger partial charge on any atom is 0.226 e. The van der Waals surface area contributed by atoms with Crippen molar-refractivity contribution in [2.45, 2.75) is 12.3 Å². The molecule has 1 aliphatic carbocycles. The van der Waals surface area contributed by atoms with Crippen molar-refractivity contribution in [2.24, 2.45) is 5.92 Å². The Morgan fingerprint density at radius 1 is 1.29 bits per heavy atom. The van der Waals surface area contributed by atoms with Gasteiger partial charge in [0.1, 0.15) is 5.82 Å². The minimum atomic E-state index is -0.233. The Balaban J connectivity index is 1.54. The van der Waals surface area contributed by atoms with Crippen LogP contribution < -0.4 is 0 Å². The summed E-state index contributed by atoms with van der Waals surface area (Å²) in [7, 11) is 0. The first-order valence-corrected chi connectivity index (χ1v) is 7.56. The molecule has 1 N–H and O–H groups in total. The lowest BCUT2D eigenvalue weighted by molar-refractivity contribution is -0.134. The van der Waals surface area contributed by atoms with E-state index in [1.54, 1.807) is 6.07 Å². The summed E-state index contributed by atoms with van der Waals surface area (Å²) in [5.41, 5.74) is 0.937. The summed E-state index contributed by atoms with van der Waals surface area (Å²) in [6, 6.07) is 6.58. The van der Waals surface area contributed by atoms with E-state index >= 15 is 0 Å². The van der Waals surface area contributed by atoms with Crippen LogP contribution in [0.25, 0.3) is 0 Å². The summed E-state index contributed by atoms with van der Waals surface area (Å²) in [5, 5.41) is 8.92. The van der Waals surface area contributed by atoms with Crippen LogP contribution in [-0.4, -0.2) is 60.1 Å². The Bertz CT molecular complexity index is 515. The summed E-state index contributed by atoms with van der Waals surface area (Å²) in [5.74, 6) is 0.177. The van der Waals surface area contributed by atoms with Crippen LogP contribution >= 0.6 is 0 Å². The smallest absolute Gasteiger partial charge is 0.226 e. The van der Waals surface area contributed by atoms with Gasteiger partial charge in [-0.15, -0.1) is 0 Å². The van der Waals surface area contributed by atoms with Gasteiger partial charge in [-0.05, 0) is 30.0 Å². The van der Waals surface area contributed by atoms with Crippen molar-refractivity contribution in [1.29, 1.82) is 0 Å². The predicted molar refractivity (Wildman–Crippen MR) is 77.4 cm³/mol. The number of aliphatic hydroxyl groups is 1. The van der Waals surface area contributed by atoms with Crippen LogP contribution in [0.4, 0.5) is 4.39 Å². The number of halogens is 1. The van der Waals surface area contributed by atoms with Crippen molar-refractivity contribution in [3.05, 3.63) is 35.6 Å². The van der Waals surface area contributed by atoms with Crippen LogP contribution in [0.5, 0.6) is 0 Å².